The molecule has 0 radical (unpaired) electrons. The number of carbonyl (C=O) groups is 1. The molecule has 1 aromatic carbocycles. The van der Waals surface area contributed by atoms with Gasteiger partial charge in [0.2, 0.25) is 0 Å². The number of carbonyl (C=O) groups excluding carboxylic acids is 1. The second-order valence-electron chi connectivity index (χ2n) is 7.29. The summed E-state index contributed by atoms with van der Waals surface area (Å²) in [6.45, 7) is 1.39. The molecule has 5 rings (SSSR count). The summed E-state index contributed by atoms with van der Waals surface area (Å²) >= 11 is 0. The van der Waals surface area contributed by atoms with Crippen molar-refractivity contribution in [3.05, 3.63) is 48.4 Å². The van der Waals surface area contributed by atoms with E-state index in [9.17, 15) is 4.79 Å². The molecule has 158 valence electrons. The van der Waals surface area contributed by atoms with Crippen LogP contribution >= 0.6 is 0 Å². The van der Waals surface area contributed by atoms with Crippen LogP contribution in [0.15, 0.2) is 42.9 Å². The maximum Gasteiger partial charge on any atom is 0.410 e. The zero-order valence-corrected chi connectivity index (χ0v) is 17.1. The fourth-order valence-corrected chi connectivity index (χ4v) is 3.84. The second-order valence-corrected chi connectivity index (χ2v) is 7.29. The molecule has 1 fully saturated rings. The fraction of sp³-hybridized carbons (Fsp3) is 0.238. The van der Waals surface area contributed by atoms with Gasteiger partial charge in [-0.2, -0.15) is 10.2 Å². The summed E-state index contributed by atoms with van der Waals surface area (Å²) in [5.41, 5.74) is 11.2. The van der Waals surface area contributed by atoms with E-state index >= 15 is 0 Å². The first kappa shape index (κ1) is 18.9. The van der Waals surface area contributed by atoms with E-state index in [0.29, 0.717) is 36.8 Å². The largest absolute Gasteiger partial charge is 0.496 e. The quantitative estimate of drug-likeness (QED) is 0.528. The first-order valence-electron chi connectivity index (χ1n) is 9.76. The smallest absolute Gasteiger partial charge is 0.410 e. The normalized spacial score (nSPS) is 13.7. The molecule has 1 amide bonds. The van der Waals surface area contributed by atoms with Crippen LogP contribution in [0.4, 0.5) is 10.6 Å². The van der Waals surface area contributed by atoms with Crippen LogP contribution < -0.4 is 10.5 Å². The number of rotatable bonds is 5. The lowest BCUT2D eigenvalue weighted by molar-refractivity contribution is 0.157. The number of methoxy groups -OCH3 is 1. The molecular formula is C21H21N7O3. The molecule has 0 saturated carbocycles. The third-order valence-corrected chi connectivity index (χ3v) is 5.36. The van der Waals surface area contributed by atoms with Gasteiger partial charge in [-0.05, 0) is 23.8 Å². The number of aryl methyl sites for hydroxylation is 1. The monoisotopic (exact) mass is 419 g/mol. The predicted octanol–water partition coefficient (Wildman–Crippen LogP) is 2.34. The first-order valence-corrected chi connectivity index (χ1v) is 9.76. The Hall–Kier alpha value is -4.08. The fourth-order valence-electron chi connectivity index (χ4n) is 3.84. The standard InChI is InChI=1S/C21H21N7O3/c1-26-6-5-16(25-26)17-10-15(19-20(22)23-12-24-28(17)19)13-3-4-14(18(9-13)30-2)11-27-7-8-31-21(27)29/h3-6,9-10,12H,7-8,11H2,1-2H3,(H2,22,23,24). The highest BCUT2D eigenvalue weighted by atomic mass is 16.6. The Morgan fingerprint density at radius 1 is 1.26 bits per heavy atom. The maximum absolute atomic E-state index is 11.8. The molecule has 0 spiro atoms. The highest BCUT2D eigenvalue weighted by Gasteiger charge is 2.24. The number of cyclic esters (lactones) is 1. The Kier molecular flexibility index (Phi) is 4.46. The topological polar surface area (TPSA) is 113 Å². The van der Waals surface area contributed by atoms with Crippen molar-refractivity contribution in [2.24, 2.45) is 7.05 Å². The van der Waals surface area contributed by atoms with Crippen molar-refractivity contribution in [2.75, 3.05) is 26.0 Å². The Bertz CT molecular complexity index is 1290. The van der Waals surface area contributed by atoms with Gasteiger partial charge in [0.15, 0.2) is 5.82 Å². The number of fused-ring (bicyclic) bond motifs is 1. The van der Waals surface area contributed by atoms with E-state index in [1.165, 1.54) is 6.33 Å². The second kappa shape index (κ2) is 7.31. The summed E-state index contributed by atoms with van der Waals surface area (Å²) in [6.07, 6.45) is 2.99. The zero-order chi connectivity index (χ0) is 21.5. The Morgan fingerprint density at radius 2 is 2.13 bits per heavy atom. The number of hydrogen-bond acceptors (Lipinski definition) is 7. The summed E-state index contributed by atoms with van der Waals surface area (Å²) in [5, 5.41) is 8.90. The van der Waals surface area contributed by atoms with Crippen LogP contribution in [0.25, 0.3) is 28.0 Å². The Morgan fingerprint density at radius 3 is 2.84 bits per heavy atom. The highest BCUT2D eigenvalue weighted by molar-refractivity contribution is 5.91. The van der Waals surface area contributed by atoms with Gasteiger partial charge < -0.3 is 20.1 Å². The molecule has 0 unspecified atom stereocenters. The zero-order valence-electron chi connectivity index (χ0n) is 17.1. The molecule has 10 heteroatoms. The molecule has 0 aliphatic carbocycles. The average molecular weight is 419 g/mol. The van der Waals surface area contributed by atoms with Gasteiger partial charge in [-0.25, -0.2) is 14.3 Å². The minimum Gasteiger partial charge on any atom is -0.496 e. The molecule has 4 aromatic rings. The van der Waals surface area contributed by atoms with E-state index in [1.54, 1.807) is 21.2 Å². The number of ether oxygens (including phenoxy) is 2. The Labute approximate surface area is 177 Å². The lowest BCUT2D eigenvalue weighted by Crippen LogP contribution is -2.23. The van der Waals surface area contributed by atoms with Crippen LogP contribution in [-0.2, 0) is 18.3 Å². The van der Waals surface area contributed by atoms with E-state index in [-0.39, 0.29) is 6.09 Å². The van der Waals surface area contributed by atoms with Crippen molar-refractivity contribution in [1.82, 2.24) is 29.3 Å². The predicted molar refractivity (Wildman–Crippen MR) is 113 cm³/mol. The molecule has 31 heavy (non-hydrogen) atoms. The SMILES string of the molecule is COc1cc(-c2cc(-c3ccn(C)n3)n3ncnc(N)c23)ccc1CN1CCOC1=O. The molecule has 1 saturated heterocycles. The highest BCUT2D eigenvalue weighted by Crippen LogP contribution is 2.36. The van der Waals surface area contributed by atoms with Gasteiger partial charge in [0.25, 0.3) is 0 Å². The van der Waals surface area contributed by atoms with Crippen LogP contribution in [0.1, 0.15) is 5.56 Å². The third-order valence-electron chi connectivity index (χ3n) is 5.36. The van der Waals surface area contributed by atoms with Gasteiger partial charge >= 0.3 is 6.09 Å². The molecule has 1 aliphatic heterocycles. The molecule has 4 heterocycles. The summed E-state index contributed by atoms with van der Waals surface area (Å²) < 4.78 is 14.1. The molecule has 0 atom stereocenters. The summed E-state index contributed by atoms with van der Waals surface area (Å²) in [7, 11) is 3.48. The number of anilines is 1. The van der Waals surface area contributed by atoms with Gasteiger partial charge in [0.1, 0.15) is 29.9 Å². The maximum atomic E-state index is 11.8. The van der Waals surface area contributed by atoms with Crippen LogP contribution in [0, 0.1) is 0 Å². The van der Waals surface area contributed by atoms with Gasteiger partial charge in [0.05, 0.1) is 25.9 Å². The van der Waals surface area contributed by atoms with Crippen molar-refractivity contribution in [3.63, 3.8) is 0 Å². The van der Waals surface area contributed by atoms with Gasteiger partial charge in [-0.3, -0.25) is 4.68 Å². The van der Waals surface area contributed by atoms with Crippen LogP contribution in [0.2, 0.25) is 0 Å². The molecule has 0 bridgehead atoms. The number of benzene rings is 1. The molecule has 1 aliphatic rings. The van der Waals surface area contributed by atoms with E-state index in [0.717, 1.165) is 28.1 Å². The van der Waals surface area contributed by atoms with Crippen molar-refractivity contribution < 1.29 is 14.3 Å². The van der Waals surface area contributed by atoms with Crippen molar-refractivity contribution in [2.45, 2.75) is 6.54 Å². The van der Waals surface area contributed by atoms with E-state index in [1.807, 2.05) is 43.6 Å². The van der Waals surface area contributed by atoms with Crippen LogP contribution in [0.5, 0.6) is 5.75 Å². The lowest BCUT2D eigenvalue weighted by Gasteiger charge is -2.16. The van der Waals surface area contributed by atoms with Crippen molar-refractivity contribution >= 4 is 17.4 Å². The molecular weight excluding hydrogens is 398 g/mol. The number of amides is 1. The van der Waals surface area contributed by atoms with Gasteiger partial charge in [0, 0.05) is 24.4 Å². The van der Waals surface area contributed by atoms with E-state index < -0.39 is 0 Å². The molecule has 10 nitrogen and oxygen atoms in total. The van der Waals surface area contributed by atoms with Crippen LogP contribution in [-0.4, -0.2) is 55.6 Å². The Balaban J connectivity index is 1.61. The lowest BCUT2D eigenvalue weighted by atomic mass is 10.0. The number of nitrogens with zero attached hydrogens (tertiary/aromatic N) is 6. The van der Waals surface area contributed by atoms with E-state index in [2.05, 4.69) is 15.2 Å². The number of aromatic nitrogens is 5. The van der Waals surface area contributed by atoms with Crippen molar-refractivity contribution in [1.29, 1.82) is 0 Å². The van der Waals surface area contributed by atoms with Crippen molar-refractivity contribution in [3.8, 4) is 28.3 Å². The van der Waals surface area contributed by atoms with Crippen LogP contribution in [0.3, 0.4) is 0 Å². The minimum absolute atomic E-state index is 0.311. The summed E-state index contributed by atoms with van der Waals surface area (Å²) in [4.78, 5) is 17.6. The summed E-state index contributed by atoms with van der Waals surface area (Å²) in [6, 6.07) is 9.77. The number of nitrogens with two attached hydrogens (primary N) is 1. The van der Waals surface area contributed by atoms with Gasteiger partial charge in [-0.15, -0.1) is 0 Å². The number of nitrogen functional groups attached to an aromatic ring is 1. The van der Waals surface area contributed by atoms with Gasteiger partial charge in [-0.1, -0.05) is 12.1 Å². The number of hydrogen-bond donors (Lipinski definition) is 1. The average Bonchev–Trinajstić information content (AvgIpc) is 3.48. The first-order chi connectivity index (χ1) is 15.0. The summed E-state index contributed by atoms with van der Waals surface area (Å²) in [5.74, 6) is 1.04. The third kappa shape index (κ3) is 3.21. The molecule has 3 aromatic heterocycles. The molecule has 2 N–H and O–H groups in total. The van der Waals surface area contributed by atoms with E-state index in [4.69, 9.17) is 15.2 Å². The minimum atomic E-state index is -0.311.